The van der Waals surface area contributed by atoms with E-state index in [1.807, 2.05) is 31.2 Å². The number of benzene rings is 2. The first-order valence-electron chi connectivity index (χ1n) is 6.70. The molecule has 0 fully saturated rings. The highest BCUT2D eigenvalue weighted by molar-refractivity contribution is 5.85. The Bertz CT molecular complexity index is 670. The molecule has 0 saturated heterocycles. The highest BCUT2D eigenvalue weighted by atomic mass is 35.5. The summed E-state index contributed by atoms with van der Waals surface area (Å²) in [6, 6.07) is 14.5. The number of halogens is 2. The van der Waals surface area contributed by atoms with E-state index in [0.717, 1.165) is 11.1 Å². The van der Waals surface area contributed by atoms with Crippen molar-refractivity contribution in [2.24, 2.45) is 0 Å². The van der Waals surface area contributed by atoms with E-state index in [0.29, 0.717) is 12.1 Å². The van der Waals surface area contributed by atoms with Gasteiger partial charge < -0.3 is 10.1 Å². The van der Waals surface area contributed by atoms with Crippen molar-refractivity contribution in [1.82, 2.24) is 5.32 Å². The number of hydrogen-bond acceptors (Lipinski definition) is 3. The van der Waals surface area contributed by atoms with Crippen LogP contribution in [0.1, 0.15) is 29.7 Å². The summed E-state index contributed by atoms with van der Waals surface area (Å²) in [6.07, 6.45) is 0. The second-order valence-electron chi connectivity index (χ2n) is 4.81. The topological polar surface area (TPSA) is 45.0 Å². The zero-order valence-electron chi connectivity index (χ0n) is 12.5. The highest BCUT2D eigenvalue weighted by Gasteiger charge is 2.09. The fourth-order valence-electron chi connectivity index (χ4n) is 2.09. The van der Waals surface area contributed by atoms with Crippen molar-refractivity contribution in [1.29, 1.82) is 5.26 Å². The van der Waals surface area contributed by atoms with Gasteiger partial charge in [0.25, 0.3) is 0 Å². The quantitative estimate of drug-likeness (QED) is 0.906. The van der Waals surface area contributed by atoms with E-state index < -0.39 is 0 Å². The fourth-order valence-corrected chi connectivity index (χ4v) is 2.09. The lowest BCUT2D eigenvalue weighted by atomic mass is 10.1. The van der Waals surface area contributed by atoms with Crippen LogP contribution < -0.4 is 10.1 Å². The van der Waals surface area contributed by atoms with Crippen LogP contribution in [-0.4, -0.2) is 7.11 Å². The molecular weight excluding hydrogens is 303 g/mol. The monoisotopic (exact) mass is 320 g/mol. The maximum absolute atomic E-state index is 13.7. The number of ether oxygens (including phenoxy) is 1. The normalized spacial score (nSPS) is 11.2. The maximum atomic E-state index is 13.7. The highest BCUT2D eigenvalue weighted by Crippen LogP contribution is 2.22. The number of rotatable bonds is 5. The third kappa shape index (κ3) is 4.45. The van der Waals surface area contributed by atoms with Crippen LogP contribution in [0.4, 0.5) is 4.39 Å². The molecule has 0 heterocycles. The van der Waals surface area contributed by atoms with Crippen LogP contribution >= 0.6 is 12.4 Å². The van der Waals surface area contributed by atoms with Crippen molar-refractivity contribution in [3.8, 4) is 11.8 Å². The molecule has 22 heavy (non-hydrogen) atoms. The lowest BCUT2D eigenvalue weighted by Gasteiger charge is -2.15. The minimum absolute atomic E-state index is 0. The zero-order valence-corrected chi connectivity index (χ0v) is 13.3. The van der Waals surface area contributed by atoms with Gasteiger partial charge in [-0.05, 0) is 42.3 Å². The summed E-state index contributed by atoms with van der Waals surface area (Å²) in [5.74, 6) is -0.122. The molecule has 116 valence electrons. The van der Waals surface area contributed by atoms with Gasteiger partial charge in [-0.3, -0.25) is 0 Å². The minimum atomic E-state index is -0.366. The van der Waals surface area contributed by atoms with Gasteiger partial charge in [-0.15, -0.1) is 12.4 Å². The van der Waals surface area contributed by atoms with Gasteiger partial charge in [0.1, 0.15) is 0 Å². The molecule has 2 aromatic rings. The number of hydrogen-bond donors (Lipinski definition) is 1. The second kappa shape index (κ2) is 8.38. The summed E-state index contributed by atoms with van der Waals surface area (Å²) in [6.45, 7) is 2.58. The predicted octanol–water partition coefficient (Wildman–Crippen LogP) is 3.98. The van der Waals surface area contributed by atoms with Crippen molar-refractivity contribution >= 4 is 12.4 Å². The van der Waals surface area contributed by atoms with E-state index in [4.69, 9.17) is 10.00 Å². The SMILES string of the molecule is COc1ccc(C(C)NCc2cccc(C#N)c2)cc1F.Cl. The average molecular weight is 321 g/mol. The van der Waals surface area contributed by atoms with E-state index in [1.54, 1.807) is 12.1 Å². The summed E-state index contributed by atoms with van der Waals surface area (Å²) in [4.78, 5) is 0. The number of nitrogens with zero attached hydrogens (tertiary/aromatic N) is 1. The Labute approximate surface area is 136 Å². The van der Waals surface area contributed by atoms with Crippen molar-refractivity contribution < 1.29 is 9.13 Å². The Morgan fingerprint density at radius 2 is 2.05 bits per heavy atom. The standard InChI is InChI=1S/C17H17FN2O.ClH/c1-12(15-6-7-17(21-2)16(18)9-15)20-11-14-5-3-4-13(8-14)10-19;/h3-9,12,20H,11H2,1-2H3;1H. The smallest absolute Gasteiger partial charge is 0.165 e. The molecule has 1 atom stereocenters. The van der Waals surface area contributed by atoms with Gasteiger partial charge in [-0.25, -0.2) is 4.39 Å². The van der Waals surface area contributed by atoms with Gasteiger partial charge >= 0.3 is 0 Å². The Morgan fingerprint density at radius 3 is 2.68 bits per heavy atom. The van der Waals surface area contributed by atoms with Crippen LogP contribution in [0.25, 0.3) is 0 Å². The first kappa shape index (κ1) is 18.0. The van der Waals surface area contributed by atoms with Gasteiger partial charge in [0, 0.05) is 12.6 Å². The number of methoxy groups -OCH3 is 1. The van der Waals surface area contributed by atoms with Crippen molar-refractivity contribution in [3.05, 3.63) is 65.0 Å². The summed E-state index contributed by atoms with van der Waals surface area (Å²) in [5.41, 5.74) is 2.51. The van der Waals surface area contributed by atoms with Crippen LogP contribution in [0.2, 0.25) is 0 Å². The molecule has 0 bridgehead atoms. The minimum Gasteiger partial charge on any atom is -0.494 e. The molecule has 1 unspecified atom stereocenters. The molecule has 1 N–H and O–H groups in total. The van der Waals surface area contributed by atoms with Gasteiger partial charge in [-0.2, -0.15) is 5.26 Å². The molecule has 0 aliphatic rings. The molecule has 0 spiro atoms. The zero-order chi connectivity index (χ0) is 15.2. The average Bonchev–Trinajstić information content (AvgIpc) is 2.52. The summed E-state index contributed by atoms with van der Waals surface area (Å²) in [5, 5.41) is 12.2. The van der Waals surface area contributed by atoms with Gasteiger partial charge in [0.2, 0.25) is 0 Å². The molecule has 0 amide bonds. The molecule has 0 radical (unpaired) electrons. The van der Waals surface area contributed by atoms with E-state index in [2.05, 4.69) is 11.4 Å². The first-order valence-corrected chi connectivity index (χ1v) is 6.70. The van der Waals surface area contributed by atoms with Crippen LogP contribution in [0, 0.1) is 17.1 Å². The Kier molecular flexibility index (Phi) is 6.84. The van der Waals surface area contributed by atoms with E-state index in [-0.39, 0.29) is 30.0 Å². The Morgan fingerprint density at radius 1 is 1.27 bits per heavy atom. The molecular formula is C17H18ClFN2O. The number of nitriles is 1. The van der Waals surface area contributed by atoms with Gasteiger partial charge in [-0.1, -0.05) is 18.2 Å². The van der Waals surface area contributed by atoms with Crippen LogP contribution in [0.3, 0.4) is 0 Å². The lowest BCUT2D eigenvalue weighted by Crippen LogP contribution is -2.18. The Hall–Kier alpha value is -2.09. The molecule has 0 aliphatic carbocycles. The summed E-state index contributed by atoms with van der Waals surface area (Å²) in [7, 11) is 1.45. The van der Waals surface area contributed by atoms with E-state index in [9.17, 15) is 4.39 Å². The molecule has 2 rings (SSSR count). The second-order valence-corrected chi connectivity index (χ2v) is 4.81. The van der Waals surface area contributed by atoms with E-state index >= 15 is 0 Å². The summed E-state index contributed by atoms with van der Waals surface area (Å²) >= 11 is 0. The Balaban J connectivity index is 0.00000242. The molecule has 5 heteroatoms. The van der Waals surface area contributed by atoms with Crippen LogP contribution in [-0.2, 0) is 6.54 Å². The molecule has 0 saturated carbocycles. The fraction of sp³-hybridized carbons (Fsp3) is 0.235. The van der Waals surface area contributed by atoms with Crippen molar-refractivity contribution in [2.45, 2.75) is 19.5 Å². The van der Waals surface area contributed by atoms with Gasteiger partial charge in [0.05, 0.1) is 18.7 Å². The summed E-state index contributed by atoms with van der Waals surface area (Å²) < 4.78 is 18.6. The third-order valence-electron chi connectivity index (χ3n) is 3.34. The van der Waals surface area contributed by atoms with Crippen LogP contribution in [0.15, 0.2) is 42.5 Å². The molecule has 3 nitrogen and oxygen atoms in total. The van der Waals surface area contributed by atoms with E-state index in [1.165, 1.54) is 13.2 Å². The third-order valence-corrected chi connectivity index (χ3v) is 3.34. The molecule has 0 aromatic heterocycles. The first-order chi connectivity index (χ1) is 10.1. The maximum Gasteiger partial charge on any atom is 0.165 e. The largest absolute Gasteiger partial charge is 0.494 e. The van der Waals surface area contributed by atoms with Gasteiger partial charge in [0.15, 0.2) is 11.6 Å². The predicted molar refractivity (Wildman–Crippen MR) is 86.6 cm³/mol. The molecule has 2 aromatic carbocycles. The lowest BCUT2D eigenvalue weighted by molar-refractivity contribution is 0.385. The van der Waals surface area contributed by atoms with Crippen molar-refractivity contribution in [2.75, 3.05) is 7.11 Å². The molecule has 0 aliphatic heterocycles. The van der Waals surface area contributed by atoms with Crippen molar-refractivity contribution in [3.63, 3.8) is 0 Å². The van der Waals surface area contributed by atoms with Crippen LogP contribution in [0.5, 0.6) is 5.75 Å². The number of nitrogens with one attached hydrogen (secondary N) is 1.